The molecule has 100 valence electrons. The Morgan fingerprint density at radius 2 is 2.16 bits per heavy atom. The number of H-pyrrole nitrogens is 1. The Labute approximate surface area is 116 Å². The van der Waals surface area contributed by atoms with E-state index in [2.05, 4.69) is 16.9 Å². The number of nitrogens with one attached hydrogen (secondary N) is 1. The highest BCUT2D eigenvalue weighted by molar-refractivity contribution is 7.97. The fourth-order valence-electron chi connectivity index (χ4n) is 1.94. The van der Waals surface area contributed by atoms with Crippen molar-refractivity contribution in [2.45, 2.75) is 19.1 Å². The molecule has 2 rings (SSSR count). The zero-order chi connectivity index (χ0) is 13.8. The first-order valence-electron chi connectivity index (χ1n) is 6.12. The minimum Gasteiger partial charge on any atom is -0.398 e. The van der Waals surface area contributed by atoms with Crippen LogP contribution in [0.25, 0.3) is 11.3 Å². The van der Waals surface area contributed by atoms with Crippen LogP contribution < -0.4 is 11.3 Å². The maximum Gasteiger partial charge on any atom is 0.251 e. The zero-order valence-corrected chi connectivity index (χ0v) is 11.9. The van der Waals surface area contributed by atoms with Crippen LogP contribution in [0.4, 0.5) is 5.69 Å². The summed E-state index contributed by atoms with van der Waals surface area (Å²) in [5.74, 6) is 1.37. The fourth-order valence-corrected chi connectivity index (χ4v) is 2.35. The minimum atomic E-state index is -0.132. The van der Waals surface area contributed by atoms with E-state index in [9.17, 15) is 4.79 Å². The van der Waals surface area contributed by atoms with E-state index in [1.165, 1.54) is 6.07 Å². The van der Waals surface area contributed by atoms with Gasteiger partial charge in [-0.3, -0.25) is 4.79 Å². The third kappa shape index (κ3) is 3.17. The van der Waals surface area contributed by atoms with E-state index < -0.39 is 0 Å². The molecular weight excluding hydrogens is 258 g/mol. The number of rotatable bonds is 4. The Morgan fingerprint density at radius 3 is 2.79 bits per heavy atom. The lowest BCUT2D eigenvalue weighted by atomic mass is 10.1. The highest BCUT2D eigenvalue weighted by Gasteiger charge is 2.06. The molecule has 0 saturated heterocycles. The second-order valence-electron chi connectivity index (χ2n) is 4.28. The van der Waals surface area contributed by atoms with E-state index in [4.69, 9.17) is 5.73 Å². The summed E-state index contributed by atoms with van der Waals surface area (Å²) in [7, 11) is 0. The van der Waals surface area contributed by atoms with Gasteiger partial charge in [0.25, 0.3) is 5.56 Å². The summed E-state index contributed by atoms with van der Waals surface area (Å²) >= 11 is 1.62. The van der Waals surface area contributed by atoms with Gasteiger partial charge in [0.2, 0.25) is 0 Å². The molecule has 0 aliphatic rings. The van der Waals surface area contributed by atoms with Crippen LogP contribution in [0.5, 0.6) is 0 Å². The van der Waals surface area contributed by atoms with Crippen LogP contribution in [0.2, 0.25) is 0 Å². The van der Waals surface area contributed by atoms with Gasteiger partial charge in [-0.15, -0.1) is 0 Å². The molecule has 0 unspecified atom stereocenters. The molecule has 0 radical (unpaired) electrons. The lowest BCUT2D eigenvalue weighted by molar-refractivity contribution is 1.01. The largest absolute Gasteiger partial charge is 0.398 e. The zero-order valence-electron chi connectivity index (χ0n) is 11.1. The van der Waals surface area contributed by atoms with Gasteiger partial charge in [-0.2, -0.15) is 11.8 Å². The number of aromatic nitrogens is 2. The summed E-state index contributed by atoms with van der Waals surface area (Å²) < 4.78 is 0. The van der Waals surface area contributed by atoms with Crippen molar-refractivity contribution < 1.29 is 0 Å². The van der Waals surface area contributed by atoms with Gasteiger partial charge in [-0.05, 0) is 24.3 Å². The quantitative estimate of drug-likeness (QED) is 0.841. The van der Waals surface area contributed by atoms with Gasteiger partial charge in [0.15, 0.2) is 0 Å². The average molecular weight is 275 g/mol. The fraction of sp³-hybridized carbons (Fsp3) is 0.286. The smallest absolute Gasteiger partial charge is 0.251 e. The number of thioether (sulfide) groups is 1. The SMILES string of the molecule is CCc1ccc(-c2cc(=O)[nH]c(CSC)n2)cc1N. The van der Waals surface area contributed by atoms with Crippen molar-refractivity contribution >= 4 is 17.4 Å². The molecule has 1 aromatic carbocycles. The van der Waals surface area contributed by atoms with Gasteiger partial charge in [0.1, 0.15) is 5.82 Å². The molecule has 0 amide bonds. The normalized spacial score (nSPS) is 10.6. The predicted octanol–water partition coefficient (Wildman–Crippen LogP) is 2.44. The molecule has 0 spiro atoms. The van der Waals surface area contributed by atoms with Gasteiger partial charge < -0.3 is 10.7 Å². The molecule has 0 aliphatic heterocycles. The van der Waals surface area contributed by atoms with E-state index in [1.807, 2.05) is 24.5 Å². The molecule has 5 heteroatoms. The Kier molecular flexibility index (Phi) is 4.27. The number of benzene rings is 1. The summed E-state index contributed by atoms with van der Waals surface area (Å²) in [4.78, 5) is 18.8. The predicted molar refractivity (Wildman–Crippen MR) is 81.3 cm³/mol. The second-order valence-corrected chi connectivity index (χ2v) is 5.14. The van der Waals surface area contributed by atoms with Gasteiger partial charge in [-0.25, -0.2) is 4.98 Å². The van der Waals surface area contributed by atoms with Crippen molar-refractivity contribution in [1.82, 2.24) is 9.97 Å². The molecule has 19 heavy (non-hydrogen) atoms. The van der Waals surface area contributed by atoms with Gasteiger partial charge in [-0.1, -0.05) is 19.1 Å². The summed E-state index contributed by atoms with van der Waals surface area (Å²) in [6.07, 6.45) is 2.87. The highest BCUT2D eigenvalue weighted by atomic mass is 32.2. The maximum absolute atomic E-state index is 11.6. The van der Waals surface area contributed by atoms with E-state index >= 15 is 0 Å². The third-order valence-electron chi connectivity index (χ3n) is 2.89. The third-order valence-corrected chi connectivity index (χ3v) is 3.46. The maximum atomic E-state index is 11.6. The molecule has 1 heterocycles. The number of nitrogen functional groups attached to an aromatic ring is 1. The van der Waals surface area contributed by atoms with E-state index in [1.54, 1.807) is 11.8 Å². The lowest BCUT2D eigenvalue weighted by Crippen LogP contribution is -2.10. The number of aromatic amines is 1. The van der Waals surface area contributed by atoms with Crippen LogP contribution in [0, 0.1) is 0 Å². The number of aryl methyl sites for hydroxylation is 1. The number of nitrogens with zero attached hydrogens (tertiary/aromatic N) is 1. The van der Waals surface area contributed by atoms with Gasteiger partial charge >= 0.3 is 0 Å². The Bertz CT molecular complexity index is 637. The molecule has 4 nitrogen and oxygen atoms in total. The van der Waals surface area contributed by atoms with Crippen LogP contribution in [0.15, 0.2) is 29.1 Å². The first-order chi connectivity index (χ1) is 9.13. The number of anilines is 1. The topological polar surface area (TPSA) is 71.8 Å². The molecule has 0 aliphatic carbocycles. The van der Waals surface area contributed by atoms with Crippen molar-refractivity contribution in [2.24, 2.45) is 0 Å². The van der Waals surface area contributed by atoms with Gasteiger partial charge in [0.05, 0.1) is 11.4 Å². The minimum absolute atomic E-state index is 0.132. The van der Waals surface area contributed by atoms with Crippen LogP contribution in [-0.4, -0.2) is 16.2 Å². The van der Waals surface area contributed by atoms with Crippen LogP contribution in [-0.2, 0) is 12.2 Å². The number of nitrogens with two attached hydrogens (primary N) is 1. The lowest BCUT2D eigenvalue weighted by Gasteiger charge is -2.07. The Hall–Kier alpha value is -1.75. The summed E-state index contributed by atoms with van der Waals surface area (Å²) in [6.45, 7) is 2.06. The van der Waals surface area contributed by atoms with Crippen LogP contribution in [0.3, 0.4) is 0 Å². The summed E-state index contributed by atoms with van der Waals surface area (Å²) in [5, 5.41) is 0. The molecule has 0 fully saturated rings. The molecule has 2 aromatic rings. The molecule has 1 aromatic heterocycles. The summed E-state index contributed by atoms with van der Waals surface area (Å²) in [6, 6.07) is 7.33. The standard InChI is InChI=1S/C14H17N3OS/c1-3-9-4-5-10(6-11(9)15)12-7-14(18)17-13(16-12)8-19-2/h4-7H,3,8,15H2,1-2H3,(H,16,17,18). The second kappa shape index (κ2) is 5.93. The van der Waals surface area contributed by atoms with E-state index in [0.29, 0.717) is 17.3 Å². The molecule has 0 saturated carbocycles. The van der Waals surface area contributed by atoms with Crippen molar-refractivity contribution in [2.75, 3.05) is 12.0 Å². The Morgan fingerprint density at radius 1 is 1.37 bits per heavy atom. The first-order valence-corrected chi connectivity index (χ1v) is 7.51. The number of hydrogen-bond acceptors (Lipinski definition) is 4. The van der Waals surface area contributed by atoms with Crippen molar-refractivity contribution in [3.63, 3.8) is 0 Å². The van der Waals surface area contributed by atoms with Crippen molar-refractivity contribution in [3.8, 4) is 11.3 Å². The van der Waals surface area contributed by atoms with Crippen LogP contribution in [0.1, 0.15) is 18.3 Å². The summed E-state index contributed by atoms with van der Waals surface area (Å²) in [5.41, 5.74) is 9.25. The monoisotopic (exact) mass is 275 g/mol. The average Bonchev–Trinajstić information content (AvgIpc) is 2.38. The number of hydrogen-bond donors (Lipinski definition) is 2. The van der Waals surface area contributed by atoms with Crippen molar-refractivity contribution in [1.29, 1.82) is 0 Å². The molecular formula is C14H17N3OS. The van der Waals surface area contributed by atoms with Crippen LogP contribution >= 0.6 is 11.8 Å². The molecule has 0 atom stereocenters. The van der Waals surface area contributed by atoms with E-state index in [-0.39, 0.29) is 5.56 Å². The highest BCUT2D eigenvalue weighted by Crippen LogP contribution is 2.22. The molecule has 0 bridgehead atoms. The Balaban J connectivity index is 2.46. The molecule has 3 N–H and O–H groups in total. The van der Waals surface area contributed by atoms with Gasteiger partial charge in [0, 0.05) is 17.3 Å². The van der Waals surface area contributed by atoms with E-state index in [0.717, 1.165) is 23.2 Å². The first kappa shape index (κ1) is 13.7. The van der Waals surface area contributed by atoms with Crippen molar-refractivity contribution in [3.05, 3.63) is 46.0 Å².